The summed E-state index contributed by atoms with van der Waals surface area (Å²) in [5, 5.41) is 2.07. The lowest BCUT2D eigenvalue weighted by molar-refractivity contribution is -0.135. The first-order valence-electron chi connectivity index (χ1n) is 12.8. The molecule has 2 aliphatic rings. The van der Waals surface area contributed by atoms with Gasteiger partial charge in [-0.25, -0.2) is 4.39 Å². The van der Waals surface area contributed by atoms with E-state index in [1.807, 2.05) is 17.9 Å². The van der Waals surface area contributed by atoms with Gasteiger partial charge in [-0.05, 0) is 60.2 Å². The molecule has 2 atom stereocenters. The Morgan fingerprint density at radius 2 is 1.79 bits per heavy atom. The number of piperazine rings is 1. The van der Waals surface area contributed by atoms with Crippen molar-refractivity contribution in [2.45, 2.75) is 25.4 Å². The zero-order chi connectivity index (χ0) is 26.8. The number of benzene rings is 2. The Labute approximate surface area is 226 Å². The van der Waals surface area contributed by atoms with E-state index in [-0.39, 0.29) is 36.3 Å². The molecule has 3 heterocycles. The standard InChI is InChI=1S/C29H32FN3O4S/c1-19-17-31(10-11-33(19)29(35)21-14-23(36-2)16-24(15-21)37-3)27(34)18-32-9-7-26-25(8-12-38-26)28(32)20-5-4-6-22(30)13-20/h4-6,8,12-16,19,28H,7,9-11,17-18H2,1-3H3. The van der Waals surface area contributed by atoms with Crippen LogP contribution in [0, 0.1) is 5.82 Å². The predicted molar refractivity (Wildman–Crippen MR) is 144 cm³/mol. The summed E-state index contributed by atoms with van der Waals surface area (Å²) >= 11 is 1.71. The molecule has 2 unspecified atom stereocenters. The molecule has 1 aromatic heterocycles. The van der Waals surface area contributed by atoms with E-state index in [1.165, 1.54) is 10.9 Å². The van der Waals surface area contributed by atoms with E-state index in [2.05, 4.69) is 16.3 Å². The number of amides is 2. The van der Waals surface area contributed by atoms with Crippen LogP contribution in [0.4, 0.5) is 4.39 Å². The van der Waals surface area contributed by atoms with E-state index in [1.54, 1.807) is 60.8 Å². The number of hydrogen-bond donors (Lipinski definition) is 0. The first-order chi connectivity index (χ1) is 18.4. The average Bonchev–Trinajstić information content (AvgIpc) is 3.41. The molecule has 9 heteroatoms. The summed E-state index contributed by atoms with van der Waals surface area (Å²) < 4.78 is 24.8. The molecule has 0 N–H and O–H groups in total. The number of thiophene rings is 1. The summed E-state index contributed by atoms with van der Waals surface area (Å²) in [7, 11) is 3.10. The van der Waals surface area contributed by atoms with Gasteiger partial charge in [0.1, 0.15) is 17.3 Å². The Morgan fingerprint density at radius 3 is 2.47 bits per heavy atom. The minimum Gasteiger partial charge on any atom is -0.497 e. The van der Waals surface area contributed by atoms with Crippen molar-refractivity contribution in [3.05, 3.63) is 81.3 Å². The van der Waals surface area contributed by atoms with Crippen LogP contribution in [-0.4, -0.2) is 79.5 Å². The van der Waals surface area contributed by atoms with Crippen molar-refractivity contribution in [1.29, 1.82) is 0 Å². The Hall–Kier alpha value is -3.43. The van der Waals surface area contributed by atoms with Crippen molar-refractivity contribution in [2.75, 3.05) is 46.9 Å². The Bertz CT molecular complexity index is 1310. The summed E-state index contributed by atoms with van der Waals surface area (Å²) in [6.07, 6.45) is 0.870. The lowest BCUT2D eigenvalue weighted by Crippen LogP contribution is -2.57. The Balaban J connectivity index is 1.28. The van der Waals surface area contributed by atoms with Crippen molar-refractivity contribution in [3.8, 4) is 11.5 Å². The van der Waals surface area contributed by atoms with Gasteiger partial charge < -0.3 is 19.3 Å². The fourth-order valence-corrected chi connectivity index (χ4v) is 6.37. The normalized spacial score (nSPS) is 19.7. The maximum absolute atomic E-state index is 14.1. The summed E-state index contributed by atoms with van der Waals surface area (Å²) in [6.45, 7) is 4.28. The molecular weight excluding hydrogens is 505 g/mol. The summed E-state index contributed by atoms with van der Waals surface area (Å²) in [6, 6.07) is 13.6. The quantitative estimate of drug-likeness (QED) is 0.471. The molecule has 3 aromatic rings. The molecule has 0 saturated carbocycles. The van der Waals surface area contributed by atoms with Crippen molar-refractivity contribution in [1.82, 2.24) is 14.7 Å². The minimum absolute atomic E-state index is 0.0204. The van der Waals surface area contributed by atoms with Gasteiger partial charge in [-0.15, -0.1) is 11.3 Å². The topological polar surface area (TPSA) is 62.3 Å². The zero-order valence-electron chi connectivity index (χ0n) is 21.9. The highest BCUT2D eigenvalue weighted by Gasteiger charge is 2.35. The van der Waals surface area contributed by atoms with Crippen LogP contribution in [-0.2, 0) is 11.2 Å². The number of nitrogens with zero attached hydrogens (tertiary/aromatic N) is 3. The first-order valence-corrected chi connectivity index (χ1v) is 13.6. The molecular formula is C29H32FN3O4S. The molecule has 1 fully saturated rings. The summed E-state index contributed by atoms with van der Waals surface area (Å²) in [5.41, 5.74) is 2.50. The second kappa shape index (κ2) is 11.1. The van der Waals surface area contributed by atoms with Crippen LogP contribution in [0.3, 0.4) is 0 Å². The third-order valence-corrected chi connectivity index (χ3v) is 8.40. The SMILES string of the molecule is COc1cc(OC)cc(C(=O)N2CCN(C(=O)CN3CCc4sccc4C3c3cccc(F)c3)CC2C)c1. The van der Waals surface area contributed by atoms with Gasteiger partial charge >= 0.3 is 0 Å². The Morgan fingerprint density at radius 1 is 1.03 bits per heavy atom. The van der Waals surface area contributed by atoms with Crippen molar-refractivity contribution in [2.24, 2.45) is 0 Å². The van der Waals surface area contributed by atoms with E-state index < -0.39 is 0 Å². The fourth-order valence-electron chi connectivity index (χ4n) is 5.46. The highest BCUT2D eigenvalue weighted by atomic mass is 32.1. The minimum atomic E-state index is -0.278. The monoisotopic (exact) mass is 537 g/mol. The zero-order valence-corrected chi connectivity index (χ0v) is 22.7. The lowest BCUT2D eigenvalue weighted by atomic mass is 9.93. The molecule has 0 spiro atoms. The van der Waals surface area contributed by atoms with Crippen LogP contribution < -0.4 is 9.47 Å². The summed E-state index contributed by atoms with van der Waals surface area (Å²) in [4.78, 5) is 33.9. The number of halogens is 1. The second-order valence-electron chi connectivity index (χ2n) is 9.77. The van der Waals surface area contributed by atoms with Gasteiger partial charge in [0, 0.05) is 48.7 Å². The predicted octanol–water partition coefficient (Wildman–Crippen LogP) is 4.23. The van der Waals surface area contributed by atoms with Crippen LogP contribution in [0.5, 0.6) is 11.5 Å². The van der Waals surface area contributed by atoms with E-state index in [4.69, 9.17) is 9.47 Å². The third-order valence-electron chi connectivity index (χ3n) is 7.41. The van der Waals surface area contributed by atoms with E-state index in [0.29, 0.717) is 36.7 Å². The van der Waals surface area contributed by atoms with Gasteiger partial charge in [0.2, 0.25) is 5.91 Å². The van der Waals surface area contributed by atoms with E-state index >= 15 is 0 Å². The smallest absolute Gasteiger partial charge is 0.254 e. The van der Waals surface area contributed by atoms with Crippen LogP contribution in [0.1, 0.15) is 39.3 Å². The maximum Gasteiger partial charge on any atom is 0.254 e. The highest BCUT2D eigenvalue weighted by molar-refractivity contribution is 7.10. The second-order valence-corrected chi connectivity index (χ2v) is 10.8. The molecule has 0 aliphatic carbocycles. The maximum atomic E-state index is 14.1. The summed E-state index contributed by atoms with van der Waals surface area (Å²) in [5.74, 6) is 0.732. The number of hydrogen-bond acceptors (Lipinski definition) is 6. The van der Waals surface area contributed by atoms with Crippen molar-refractivity contribution in [3.63, 3.8) is 0 Å². The molecule has 2 aliphatic heterocycles. The molecule has 2 amide bonds. The molecule has 38 heavy (non-hydrogen) atoms. The molecule has 5 rings (SSSR count). The van der Waals surface area contributed by atoms with E-state index in [0.717, 1.165) is 24.1 Å². The third kappa shape index (κ3) is 5.26. The number of ether oxygens (including phenoxy) is 2. The van der Waals surface area contributed by atoms with Gasteiger partial charge in [-0.3, -0.25) is 14.5 Å². The molecule has 0 radical (unpaired) electrons. The molecule has 2 aromatic carbocycles. The van der Waals surface area contributed by atoms with Crippen LogP contribution in [0.15, 0.2) is 53.9 Å². The molecule has 1 saturated heterocycles. The van der Waals surface area contributed by atoms with Crippen LogP contribution in [0.25, 0.3) is 0 Å². The van der Waals surface area contributed by atoms with Gasteiger partial charge in [0.05, 0.1) is 26.8 Å². The molecule has 0 bridgehead atoms. The van der Waals surface area contributed by atoms with Gasteiger partial charge in [0.15, 0.2) is 0 Å². The highest BCUT2D eigenvalue weighted by Crippen LogP contribution is 2.38. The first kappa shape index (κ1) is 26.2. The molecule has 7 nitrogen and oxygen atoms in total. The Kier molecular flexibility index (Phi) is 7.67. The number of fused-ring (bicyclic) bond motifs is 1. The van der Waals surface area contributed by atoms with Gasteiger partial charge in [-0.1, -0.05) is 12.1 Å². The lowest BCUT2D eigenvalue weighted by Gasteiger charge is -2.42. The van der Waals surface area contributed by atoms with E-state index in [9.17, 15) is 14.0 Å². The molecule has 200 valence electrons. The van der Waals surface area contributed by atoms with Crippen molar-refractivity contribution < 1.29 is 23.5 Å². The number of methoxy groups -OCH3 is 2. The largest absolute Gasteiger partial charge is 0.497 e. The van der Waals surface area contributed by atoms with Crippen LogP contribution in [0.2, 0.25) is 0 Å². The van der Waals surface area contributed by atoms with Crippen LogP contribution >= 0.6 is 11.3 Å². The number of carbonyl (C=O) groups is 2. The van der Waals surface area contributed by atoms with Gasteiger partial charge in [0.25, 0.3) is 5.91 Å². The number of rotatable bonds is 6. The fraction of sp³-hybridized carbons (Fsp3) is 0.379. The van der Waals surface area contributed by atoms with Crippen molar-refractivity contribution >= 4 is 23.2 Å². The van der Waals surface area contributed by atoms with Gasteiger partial charge in [-0.2, -0.15) is 0 Å². The average molecular weight is 538 g/mol. The number of carbonyl (C=O) groups excluding carboxylic acids is 2.